The van der Waals surface area contributed by atoms with Crippen molar-refractivity contribution in [2.75, 3.05) is 33.4 Å². The van der Waals surface area contributed by atoms with E-state index < -0.39 is 0 Å². The van der Waals surface area contributed by atoms with E-state index in [4.69, 9.17) is 20.4 Å². The largest absolute Gasteiger partial charge is 0.409 e. The summed E-state index contributed by atoms with van der Waals surface area (Å²) in [5.74, 6) is 0.298. The van der Waals surface area contributed by atoms with Gasteiger partial charge in [0.25, 0.3) is 0 Å². The number of hydrogen-bond donors (Lipinski definition) is 3. The summed E-state index contributed by atoms with van der Waals surface area (Å²) in [6.45, 7) is 7.21. The number of amidine groups is 1. The lowest BCUT2D eigenvalue weighted by atomic mass is 9.86. The lowest BCUT2D eigenvalue weighted by Gasteiger charge is -2.26. The van der Waals surface area contributed by atoms with E-state index in [-0.39, 0.29) is 11.0 Å². The smallest absolute Gasteiger partial charge is 0.144 e. The lowest BCUT2D eigenvalue weighted by Crippen LogP contribution is -2.43. The summed E-state index contributed by atoms with van der Waals surface area (Å²) in [7, 11) is 1.75. The van der Waals surface area contributed by atoms with Gasteiger partial charge in [0.05, 0.1) is 6.61 Å². The van der Waals surface area contributed by atoms with Crippen LogP contribution >= 0.6 is 0 Å². The number of hydrogen-bond acceptors (Lipinski definition) is 5. The molecule has 4 N–H and O–H groups in total. The van der Waals surface area contributed by atoms with Gasteiger partial charge in [0.15, 0.2) is 0 Å². The first-order valence-corrected chi connectivity index (χ1v) is 7.27. The number of oxime groups is 1. The monoisotopic (exact) mass is 287 g/mol. The third-order valence-corrected chi connectivity index (χ3v) is 4.15. The van der Waals surface area contributed by atoms with E-state index >= 15 is 0 Å². The van der Waals surface area contributed by atoms with Crippen LogP contribution in [0.15, 0.2) is 5.16 Å². The average Bonchev–Trinajstić information content (AvgIpc) is 2.91. The van der Waals surface area contributed by atoms with Crippen LogP contribution in [0.5, 0.6) is 0 Å². The number of ether oxygens (including phenoxy) is 2. The van der Waals surface area contributed by atoms with Crippen molar-refractivity contribution in [1.82, 2.24) is 5.32 Å². The van der Waals surface area contributed by atoms with Crippen molar-refractivity contribution in [2.24, 2.45) is 16.3 Å². The molecule has 118 valence electrons. The van der Waals surface area contributed by atoms with Gasteiger partial charge in [-0.2, -0.15) is 0 Å². The van der Waals surface area contributed by atoms with Gasteiger partial charge in [0, 0.05) is 32.1 Å². The molecule has 1 rings (SSSR count). The summed E-state index contributed by atoms with van der Waals surface area (Å²) in [6, 6.07) is 0. The molecule has 0 radical (unpaired) electrons. The second-order valence-electron chi connectivity index (χ2n) is 6.19. The SMILES string of the molecule is COC1(CNCCCCC(C)(C)C(N)=NO)CCOC1. The molecule has 1 atom stereocenters. The van der Waals surface area contributed by atoms with Crippen molar-refractivity contribution in [3.63, 3.8) is 0 Å². The Balaban J connectivity index is 2.13. The number of nitrogens with one attached hydrogen (secondary N) is 1. The minimum atomic E-state index is -0.248. The minimum absolute atomic E-state index is 0.146. The zero-order valence-corrected chi connectivity index (χ0v) is 12.9. The molecule has 1 heterocycles. The molecule has 6 nitrogen and oxygen atoms in total. The molecule has 1 fully saturated rings. The van der Waals surface area contributed by atoms with Crippen molar-refractivity contribution in [3.8, 4) is 0 Å². The first-order chi connectivity index (χ1) is 9.46. The van der Waals surface area contributed by atoms with Crippen molar-refractivity contribution < 1.29 is 14.7 Å². The summed E-state index contributed by atoms with van der Waals surface area (Å²) >= 11 is 0. The third kappa shape index (κ3) is 4.92. The van der Waals surface area contributed by atoms with Crippen LogP contribution in [-0.4, -0.2) is 50.1 Å². The Morgan fingerprint density at radius 3 is 2.80 bits per heavy atom. The highest BCUT2D eigenvalue weighted by molar-refractivity contribution is 5.85. The minimum Gasteiger partial charge on any atom is -0.409 e. The molecule has 0 aromatic carbocycles. The number of rotatable bonds is 9. The van der Waals surface area contributed by atoms with Crippen LogP contribution in [0.2, 0.25) is 0 Å². The maximum Gasteiger partial charge on any atom is 0.144 e. The van der Waals surface area contributed by atoms with Gasteiger partial charge in [0.2, 0.25) is 0 Å². The Hall–Kier alpha value is -0.850. The molecule has 1 saturated heterocycles. The van der Waals surface area contributed by atoms with Gasteiger partial charge in [0.1, 0.15) is 11.4 Å². The molecule has 0 spiro atoms. The van der Waals surface area contributed by atoms with E-state index in [1.54, 1.807) is 7.11 Å². The van der Waals surface area contributed by atoms with Gasteiger partial charge in [-0.05, 0) is 19.4 Å². The van der Waals surface area contributed by atoms with Gasteiger partial charge in [-0.25, -0.2) is 0 Å². The van der Waals surface area contributed by atoms with Crippen LogP contribution in [0.4, 0.5) is 0 Å². The molecular formula is C14H29N3O3. The quantitative estimate of drug-likeness (QED) is 0.196. The van der Waals surface area contributed by atoms with Gasteiger partial charge >= 0.3 is 0 Å². The lowest BCUT2D eigenvalue weighted by molar-refractivity contribution is -0.0156. The molecule has 0 aromatic rings. The molecule has 1 aliphatic rings. The molecule has 0 saturated carbocycles. The highest BCUT2D eigenvalue weighted by Gasteiger charge is 2.34. The summed E-state index contributed by atoms with van der Waals surface area (Å²) in [6.07, 6.45) is 3.95. The molecule has 1 unspecified atom stereocenters. The van der Waals surface area contributed by atoms with Crippen LogP contribution in [-0.2, 0) is 9.47 Å². The molecule has 0 aliphatic carbocycles. The first kappa shape index (κ1) is 17.2. The normalized spacial score (nSPS) is 24.2. The summed E-state index contributed by atoms with van der Waals surface area (Å²) in [5, 5.41) is 15.2. The van der Waals surface area contributed by atoms with Crippen molar-refractivity contribution >= 4 is 5.84 Å². The maximum atomic E-state index is 8.71. The molecule has 1 aliphatic heterocycles. The number of nitrogens with two attached hydrogens (primary N) is 1. The number of nitrogens with zero attached hydrogens (tertiary/aromatic N) is 1. The van der Waals surface area contributed by atoms with Crippen molar-refractivity contribution in [3.05, 3.63) is 0 Å². The Kier molecular flexibility index (Phi) is 6.71. The van der Waals surface area contributed by atoms with Gasteiger partial charge in [-0.1, -0.05) is 25.4 Å². The fourth-order valence-corrected chi connectivity index (χ4v) is 2.36. The Morgan fingerprint density at radius 2 is 2.25 bits per heavy atom. The van der Waals surface area contributed by atoms with Gasteiger partial charge in [-0.15, -0.1) is 0 Å². The number of methoxy groups -OCH3 is 1. The summed E-state index contributed by atoms with van der Waals surface area (Å²) < 4.78 is 11.0. The molecular weight excluding hydrogens is 258 g/mol. The fraction of sp³-hybridized carbons (Fsp3) is 0.929. The zero-order chi connectivity index (χ0) is 15.1. The highest BCUT2D eigenvalue weighted by atomic mass is 16.5. The van der Waals surface area contributed by atoms with E-state index in [9.17, 15) is 0 Å². The van der Waals surface area contributed by atoms with Crippen LogP contribution in [0.3, 0.4) is 0 Å². The second-order valence-corrected chi connectivity index (χ2v) is 6.19. The van der Waals surface area contributed by atoms with E-state index in [1.807, 2.05) is 13.8 Å². The molecule has 20 heavy (non-hydrogen) atoms. The standard InChI is InChI=1S/C14H29N3O3/c1-13(2,12(15)17-18)6-4-5-8-16-10-14(19-3)7-9-20-11-14/h16,18H,4-11H2,1-3H3,(H2,15,17). The average molecular weight is 287 g/mol. The van der Waals surface area contributed by atoms with Crippen molar-refractivity contribution in [2.45, 2.75) is 45.1 Å². The maximum absolute atomic E-state index is 8.71. The van der Waals surface area contributed by atoms with E-state index in [0.717, 1.165) is 45.4 Å². The van der Waals surface area contributed by atoms with Crippen LogP contribution in [0, 0.1) is 5.41 Å². The predicted octanol–water partition coefficient (Wildman–Crippen LogP) is 1.32. The van der Waals surface area contributed by atoms with Gasteiger partial charge < -0.3 is 25.7 Å². The van der Waals surface area contributed by atoms with Crippen LogP contribution in [0.25, 0.3) is 0 Å². The van der Waals surface area contributed by atoms with E-state index in [0.29, 0.717) is 12.4 Å². The second kappa shape index (κ2) is 7.81. The van der Waals surface area contributed by atoms with E-state index in [2.05, 4.69) is 10.5 Å². The van der Waals surface area contributed by atoms with Gasteiger partial charge in [-0.3, -0.25) is 0 Å². The molecule has 0 aromatic heterocycles. The molecule has 0 bridgehead atoms. The Labute approximate surface area is 121 Å². The predicted molar refractivity (Wildman–Crippen MR) is 79.1 cm³/mol. The van der Waals surface area contributed by atoms with Crippen LogP contribution < -0.4 is 11.1 Å². The zero-order valence-electron chi connectivity index (χ0n) is 12.9. The Bertz CT molecular complexity index is 313. The summed E-state index contributed by atoms with van der Waals surface area (Å²) in [4.78, 5) is 0. The summed E-state index contributed by atoms with van der Waals surface area (Å²) in [5.41, 5.74) is 5.27. The first-order valence-electron chi connectivity index (χ1n) is 7.27. The van der Waals surface area contributed by atoms with Crippen molar-refractivity contribution in [1.29, 1.82) is 0 Å². The van der Waals surface area contributed by atoms with Crippen LogP contribution in [0.1, 0.15) is 39.5 Å². The van der Waals surface area contributed by atoms with E-state index in [1.165, 1.54) is 0 Å². The molecule has 6 heteroatoms. The third-order valence-electron chi connectivity index (χ3n) is 4.15. The highest BCUT2D eigenvalue weighted by Crippen LogP contribution is 2.23. The fourth-order valence-electron chi connectivity index (χ4n) is 2.36. The number of unbranched alkanes of at least 4 members (excludes halogenated alkanes) is 1. The topological polar surface area (TPSA) is 89.1 Å². The molecule has 0 amide bonds. The Morgan fingerprint density at radius 1 is 1.50 bits per heavy atom.